The molecule has 0 fully saturated rings. The summed E-state index contributed by atoms with van der Waals surface area (Å²) < 4.78 is 16.6. The van der Waals surface area contributed by atoms with Gasteiger partial charge in [-0.3, -0.25) is 0 Å². The van der Waals surface area contributed by atoms with E-state index in [4.69, 9.17) is 13.9 Å². The Balaban J connectivity index is 1.91. The lowest BCUT2D eigenvalue weighted by molar-refractivity contribution is -0.155. The van der Waals surface area contributed by atoms with Crippen LogP contribution in [0.4, 0.5) is 0 Å². The summed E-state index contributed by atoms with van der Waals surface area (Å²) in [7, 11) is 0. The van der Waals surface area contributed by atoms with Crippen LogP contribution in [-0.2, 0) is 22.4 Å². The maximum atomic E-state index is 12.2. The zero-order valence-electron chi connectivity index (χ0n) is 15.2. The van der Waals surface area contributed by atoms with Crippen LogP contribution >= 0.6 is 0 Å². The number of ether oxygens (including phenoxy) is 2. The van der Waals surface area contributed by atoms with Crippen LogP contribution in [0.5, 0.6) is 5.75 Å². The quantitative estimate of drug-likeness (QED) is 0.611. The number of esters is 1. The molecule has 3 rings (SSSR count). The molecule has 0 bridgehead atoms. The third kappa shape index (κ3) is 3.28. The Morgan fingerprint density at radius 1 is 1.24 bits per heavy atom. The van der Waals surface area contributed by atoms with E-state index in [1.807, 2.05) is 32.9 Å². The van der Waals surface area contributed by atoms with Crippen molar-refractivity contribution in [1.29, 1.82) is 0 Å². The highest BCUT2D eigenvalue weighted by Crippen LogP contribution is 2.33. The summed E-state index contributed by atoms with van der Waals surface area (Å²) in [5.41, 5.74) is 2.90. The molecule has 0 radical (unpaired) electrons. The third-order valence-corrected chi connectivity index (χ3v) is 4.87. The number of hydrogen-bond donors (Lipinski definition) is 0. The van der Waals surface area contributed by atoms with E-state index >= 15 is 0 Å². The van der Waals surface area contributed by atoms with Crippen LogP contribution in [0.3, 0.4) is 0 Å². The van der Waals surface area contributed by atoms with Crippen molar-refractivity contribution < 1.29 is 18.7 Å². The predicted molar refractivity (Wildman–Crippen MR) is 95.2 cm³/mol. The van der Waals surface area contributed by atoms with E-state index in [0.29, 0.717) is 11.3 Å². The maximum absolute atomic E-state index is 12.2. The van der Waals surface area contributed by atoms with Gasteiger partial charge in [-0.1, -0.05) is 6.92 Å². The number of rotatable bonds is 5. The van der Waals surface area contributed by atoms with Crippen molar-refractivity contribution >= 4 is 16.9 Å². The molecule has 2 atom stereocenters. The Bertz CT molecular complexity index is 864. The second-order valence-corrected chi connectivity index (χ2v) is 6.68. The number of benzene rings is 1. The van der Waals surface area contributed by atoms with E-state index in [1.165, 1.54) is 0 Å². The summed E-state index contributed by atoms with van der Waals surface area (Å²) >= 11 is 0. The smallest absolute Gasteiger partial charge is 0.347 e. The average molecular weight is 344 g/mol. The monoisotopic (exact) mass is 344 g/mol. The molecule has 0 N–H and O–H groups in total. The Morgan fingerprint density at radius 2 is 1.96 bits per heavy atom. The molecule has 134 valence electrons. The van der Waals surface area contributed by atoms with Crippen LogP contribution in [0.15, 0.2) is 21.3 Å². The number of aryl methyl sites for hydroxylation is 2. The molecule has 0 unspecified atom stereocenters. The minimum atomic E-state index is -0.730. The number of carbonyl (C=O) groups excluding carboxylic acids is 1. The van der Waals surface area contributed by atoms with Gasteiger partial charge in [0.15, 0.2) is 6.10 Å². The summed E-state index contributed by atoms with van der Waals surface area (Å²) in [5, 5.41) is 0.965. The summed E-state index contributed by atoms with van der Waals surface area (Å²) in [4.78, 5) is 24.3. The number of carbonyl (C=O) groups is 1. The summed E-state index contributed by atoms with van der Waals surface area (Å²) in [6.07, 6.45) is 2.54. The highest BCUT2D eigenvalue weighted by atomic mass is 16.6. The van der Waals surface area contributed by atoms with Gasteiger partial charge in [-0.25, -0.2) is 9.59 Å². The molecule has 1 aromatic carbocycles. The second-order valence-electron chi connectivity index (χ2n) is 6.68. The van der Waals surface area contributed by atoms with E-state index < -0.39 is 12.1 Å². The SMILES string of the molecule is CC[C@@H](C)OC(=O)[C@H](C)Oc1ccc2c3c(c(=O)oc2c1C)CCC3. The first-order chi connectivity index (χ1) is 11.9. The average Bonchev–Trinajstić information content (AvgIpc) is 3.08. The van der Waals surface area contributed by atoms with Gasteiger partial charge in [0.2, 0.25) is 0 Å². The lowest BCUT2D eigenvalue weighted by atomic mass is 10.0. The van der Waals surface area contributed by atoms with Gasteiger partial charge in [0.1, 0.15) is 11.3 Å². The lowest BCUT2D eigenvalue weighted by Crippen LogP contribution is -2.29. The van der Waals surface area contributed by atoms with Crippen molar-refractivity contribution in [3.05, 3.63) is 39.2 Å². The molecule has 0 saturated heterocycles. The van der Waals surface area contributed by atoms with Gasteiger partial charge in [0, 0.05) is 16.5 Å². The Hall–Kier alpha value is -2.30. The van der Waals surface area contributed by atoms with Gasteiger partial charge < -0.3 is 13.9 Å². The Labute approximate surface area is 146 Å². The molecule has 1 aliphatic rings. The van der Waals surface area contributed by atoms with Gasteiger partial charge in [-0.15, -0.1) is 0 Å². The highest BCUT2D eigenvalue weighted by molar-refractivity contribution is 5.86. The van der Waals surface area contributed by atoms with Crippen LogP contribution in [0, 0.1) is 6.92 Å². The fourth-order valence-corrected chi connectivity index (χ4v) is 3.21. The predicted octanol–water partition coefficient (Wildman–Crippen LogP) is 3.70. The van der Waals surface area contributed by atoms with Crippen molar-refractivity contribution in [3.63, 3.8) is 0 Å². The van der Waals surface area contributed by atoms with Crippen molar-refractivity contribution in [3.8, 4) is 5.75 Å². The van der Waals surface area contributed by atoms with Crippen LogP contribution in [0.1, 0.15) is 50.3 Å². The summed E-state index contributed by atoms with van der Waals surface area (Å²) in [6, 6.07) is 3.75. The maximum Gasteiger partial charge on any atom is 0.347 e. The lowest BCUT2D eigenvalue weighted by Gasteiger charge is -2.18. The Kier molecular flexibility index (Phi) is 4.84. The molecular formula is C20H24O5. The zero-order valence-corrected chi connectivity index (χ0v) is 15.2. The van der Waals surface area contributed by atoms with E-state index in [1.54, 1.807) is 6.92 Å². The first-order valence-corrected chi connectivity index (χ1v) is 8.87. The molecule has 25 heavy (non-hydrogen) atoms. The molecule has 1 heterocycles. The largest absolute Gasteiger partial charge is 0.479 e. The van der Waals surface area contributed by atoms with Crippen molar-refractivity contribution in [2.45, 2.75) is 65.6 Å². The highest BCUT2D eigenvalue weighted by Gasteiger charge is 2.23. The van der Waals surface area contributed by atoms with Gasteiger partial charge >= 0.3 is 11.6 Å². The van der Waals surface area contributed by atoms with E-state index in [-0.39, 0.29) is 11.7 Å². The van der Waals surface area contributed by atoms with Gasteiger partial charge in [0.25, 0.3) is 0 Å². The molecule has 1 aromatic heterocycles. The molecular weight excluding hydrogens is 320 g/mol. The first kappa shape index (κ1) is 17.5. The molecule has 2 aromatic rings. The van der Waals surface area contributed by atoms with Crippen LogP contribution < -0.4 is 10.4 Å². The standard InChI is InChI=1S/C20H24O5/c1-5-11(2)23-19(21)13(4)24-17-10-9-15-14-7-6-8-16(14)20(22)25-18(15)12(17)3/h9-11,13H,5-8H2,1-4H3/t11-,13+/m1/s1. The van der Waals surface area contributed by atoms with Crippen molar-refractivity contribution in [2.75, 3.05) is 0 Å². The van der Waals surface area contributed by atoms with Crippen LogP contribution in [0.25, 0.3) is 11.0 Å². The summed E-state index contributed by atoms with van der Waals surface area (Å²) in [6.45, 7) is 7.31. The van der Waals surface area contributed by atoms with Crippen LogP contribution in [-0.4, -0.2) is 18.2 Å². The zero-order chi connectivity index (χ0) is 18.1. The second kappa shape index (κ2) is 6.90. The third-order valence-electron chi connectivity index (χ3n) is 4.87. The fourth-order valence-electron chi connectivity index (χ4n) is 3.21. The molecule has 0 saturated carbocycles. The van der Waals surface area contributed by atoms with Gasteiger partial charge in [-0.2, -0.15) is 0 Å². The fraction of sp³-hybridized carbons (Fsp3) is 0.500. The molecule has 0 amide bonds. The van der Waals surface area contributed by atoms with E-state index in [0.717, 1.165) is 47.8 Å². The molecule has 5 nitrogen and oxygen atoms in total. The molecule has 0 aliphatic heterocycles. The number of fused-ring (bicyclic) bond motifs is 3. The van der Waals surface area contributed by atoms with E-state index in [2.05, 4.69) is 0 Å². The van der Waals surface area contributed by atoms with Crippen molar-refractivity contribution in [2.24, 2.45) is 0 Å². The minimum Gasteiger partial charge on any atom is -0.479 e. The molecule has 5 heteroatoms. The summed E-state index contributed by atoms with van der Waals surface area (Å²) in [5.74, 6) is 0.131. The topological polar surface area (TPSA) is 65.7 Å². The molecule has 0 spiro atoms. The minimum absolute atomic E-state index is 0.142. The van der Waals surface area contributed by atoms with Crippen LogP contribution in [0.2, 0.25) is 0 Å². The van der Waals surface area contributed by atoms with E-state index in [9.17, 15) is 9.59 Å². The van der Waals surface area contributed by atoms with Crippen molar-refractivity contribution in [1.82, 2.24) is 0 Å². The first-order valence-electron chi connectivity index (χ1n) is 8.87. The Morgan fingerprint density at radius 3 is 2.68 bits per heavy atom. The molecule has 1 aliphatic carbocycles. The normalized spacial score (nSPS) is 15.7. The van der Waals surface area contributed by atoms with Gasteiger partial charge in [0.05, 0.1) is 6.10 Å². The van der Waals surface area contributed by atoms with Gasteiger partial charge in [-0.05, 0) is 64.2 Å². The number of hydrogen-bond acceptors (Lipinski definition) is 5.